The number of hydrogen-bond donors (Lipinski definition) is 3. The van der Waals surface area contributed by atoms with Crippen LogP contribution in [0.3, 0.4) is 0 Å². The van der Waals surface area contributed by atoms with Crippen molar-refractivity contribution in [2.75, 3.05) is 23.3 Å². The number of aromatic nitrogens is 5. The summed E-state index contributed by atoms with van der Waals surface area (Å²) >= 11 is 0. The van der Waals surface area contributed by atoms with E-state index in [1.807, 2.05) is 0 Å². The van der Waals surface area contributed by atoms with Crippen molar-refractivity contribution in [1.29, 1.82) is 0 Å². The van der Waals surface area contributed by atoms with E-state index in [4.69, 9.17) is 15.6 Å². The van der Waals surface area contributed by atoms with Crippen LogP contribution in [0.15, 0.2) is 24.7 Å². The number of carboxylic acid groups (broad SMARTS) is 1. The number of carbonyl (C=O) groups excluding carboxylic acids is 1. The van der Waals surface area contributed by atoms with Crippen molar-refractivity contribution in [1.82, 2.24) is 24.4 Å². The van der Waals surface area contributed by atoms with Gasteiger partial charge in [0.15, 0.2) is 17.2 Å². The normalized spacial score (nSPS) is 17.6. The first-order valence-electron chi connectivity index (χ1n) is 10.4. The molecular weight excluding hydrogens is 540 g/mol. The van der Waals surface area contributed by atoms with E-state index >= 15 is 0 Å². The summed E-state index contributed by atoms with van der Waals surface area (Å²) in [5.74, 6) is -6.77. The number of halogens is 8. The van der Waals surface area contributed by atoms with Crippen LogP contribution in [0.1, 0.15) is 22.5 Å². The van der Waals surface area contributed by atoms with Crippen LogP contribution < -0.4 is 16.0 Å². The van der Waals surface area contributed by atoms with E-state index in [1.165, 1.54) is 34.9 Å². The van der Waals surface area contributed by atoms with Crippen molar-refractivity contribution in [2.24, 2.45) is 12.8 Å². The Kier molecular flexibility index (Phi) is 7.53. The molecule has 0 spiro atoms. The zero-order chi connectivity index (χ0) is 28.6. The van der Waals surface area contributed by atoms with Crippen LogP contribution in [0.5, 0.6) is 0 Å². The summed E-state index contributed by atoms with van der Waals surface area (Å²) in [5.41, 5.74) is 3.65. The van der Waals surface area contributed by atoms with Gasteiger partial charge in [-0.1, -0.05) is 0 Å². The zero-order valence-electron chi connectivity index (χ0n) is 19.1. The van der Waals surface area contributed by atoms with Crippen LogP contribution in [-0.4, -0.2) is 72.6 Å². The minimum absolute atomic E-state index is 0.000371. The average molecular weight is 558 g/mol. The molecule has 0 saturated carbocycles. The van der Waals surface area contributed by atoms with Crippen LogP contribution >= 0.6 is 0 Å². The molecule has 0 aromatic carbocycles. The number of anilines is 2. The Bertz CT molecular complexity index is 1330. The number of amides is 1. The molecule has 3 aromatic rings. The molecule has 208 valence electrons. The molecule has 4 heterocycles. The molecule has 0 radical (unpaired) electrons. The SMILES string of the molecule is Cn1cc(NC(=O)c2c(N3CCC(F)(F)C(N)C3)nn3cccnc23)c(C(F)(F)F)n1.O=C(O)C(F)(F)F. The predicted octanol–water partition coefficient (Wildman–Crippen LogP) is 2.54. The second-order valence-electron chi connectivity index (χ2n) is 7.97. The van der Waals surface area contributed by atoms with Crippen LogP contribution in [0.4, 0.5) is 46.6 Å². The van der Waals surface area contributed by atoms with Crippen molar-refractivity contribution in [3.8, 4) is 0 Å². The molecule has 4 rings (SSSR count). The number of carbonyl (C=O) groups is 2. The Hall–Kier alpha value is -4.03. The van der Waals surface area contributed by atoms with Crippen molar-refractivity contribution in [2.45, 2.75) is 30.7 Å². The van der Waals surface area contributed by atoms with Gasteiger partial charge in [-0.2, -0.15) is 31.4 Å². The number of carboxylic acids is 1. The number of hydrogen-bond acceptors (Lipinski definition) is 7. The molecule has 19 heteroatoms. The van der Waals surface area contributed by atoms with E-state index in [0.717, 1.165) is 10.9 Å². The van der Waals surface area contributed by atoms with E-state index in [-0.39, 0.29) is 30.1 Å². The number of fused-ring (bicyclic) bond motifs is 1. The van der Waals surface area contributed by atoms with E-state index in [9.17, 15) is 39.9 Å². The highest BCUT2D eigenvalue weighted by Crippen LogP contribution is 2.35. The minimum Gasteiger partial charge on any atom is -0.475 e. The topological polar surface area (TPSA) is 144 Å². The molecule has 1 fully saturated rings. The molecule has 1 aliphatic heterocycles. The van der Waals surface area contributed by atoms with Gasteiger partial charge in [0.1, 0.15) is 5.56 Å². The number of nitrogens with two attached hydrogens (primary N) is 1. The first-order chi connectivity index (χ1) is 17.4. The van der Waals surface area contributed by atoms with E-state index in [0.29, 0.717) is 0 Å². The van der Waals surface area contributed by atoms with Crippen molar-refractivity contribution >= 4 is 29.0 Å². The van der Waals surface area contributed by atoms with Gasteiger partial charge < -0.3 is 21.1 Å². The Morgan fingerprint density at radius 2 is 1.82 bits per heavy atom. The Morgan fingerprint density at radius 3 is 2.37 bits per heavy atom. The number of nitrogens with one attached hydrogen (secondary N) is 1. The van der Waals surface area contributed by atoms with Crippen LogP contribution in [0.25, 0.3) is 5.65 Å². The summed E-state index contributed by atoms with van der Waals surface area (Å²) in [4.78, 5) is 27.4. The lowest BCUT2D eigenvalue weighted by Crippen LogP contribution is -2.55. The fraction of sp³-hybridized carbons (Fsp3) is 0.421. The van der Waals surface area contributed by atoms with Gasteiger partial charge in [-0.05, 0) is 6.07 Å². The van der Waals surface area contributed by atoms with Gasteiger partial charge >= 0.3 is 18.3 Å². The highest BCUT2D eigenvalue weighted by atomic mass is 19.4. The molecule has 0 aliphatic carbocycles. The molecule has 1 saturated heterocycles. The third-order valence-electron chi connectivity index (χ3n) is 5.17. The molecule has 3 aromatic heterocycles. The lowest BCUT2D eigenvalue weighted by Gasteiger charge is -2.36. The number of piperidine rings is 1. The van der Waals surface area contributed by atoms with Gasteiger partial charge in [0.05, 0.1) is 11.7 Å². The monoisotopic (exact) mass is 558 g/mol. The molecule has 1 atom stereocenters. The van der Waals surface area contributed by atoms with Crippen LogP contribution in [0, 0.1) is 0 Å². The first kappa shape index (κ1) is 28.5. The number of aryl methyl sites for hydroxylation is 1. The Labute approximate surface area is 206 Å². The molecule has 0 bridgehead atoms. The molecule has 1 amide bonds. The number of alkyl halides is 8. The summed E-state index contributed by atoms with van der Waals surface area (Å²) in [7, 11) is 1.28. The second kappa shape index (κ2) is 10.0. The molecule has 1 unspecified atom stereocenters. The number of nitrogens with zero attached hydrogens (tertiary/aromatic N) is 6. The maximum absolute atomic E-state index is 13.8. The Balaban J connectivity index is 0.000000505. The molecule has 11 nitrogen and oxygen atoms in total. The van der Waals surface area contributed by atoms with Gasteiger partial charge in [0.25, 0.3) is 11.8 Å². The highest BCUT2D eigenvalue weighted by Gasteiger charge is 2.44. The standard InChI is InChI=1S/C17H17F5N8O.C2HF3O2/c1-28-7-9(12(26-28)17(20,21)22)25-15(31)11-13-24-4-2-5-30(13)27-14(11)29-6-3-16(18,19)10(23)8-29;3-2(4,5)1(6)7/h2,4-5,7,10H,3,6,8,23H2,1H3,(H,25,31);(H,6,7). The largest absolute Gasteiger partial charge is 0.490 e. The van der Waals surface area contributed by atoms with Gasteiger partial charge in [-0.25, -0.2) is 23.1 Å². The van der Waals surface area contributed by atoms with Crippen molar-refractivity contribution in [3.05, 3.63) is 35.9 Å². The fourth-order valence-electron chi connectivity index (χ4n) is 3.40. The Morgan fingerprint density at radius 1 is 1.18 bits per heavy atom. The lowest BCUT2D eigenvalue weighted by molar-refractivity contribution is -0.192. The first-order valence-corrected chi connectivity index (χ1v) is 10.4. The van der Waals surface area contributed by atoms with Crippen LogP contribution in [-0.2, 0) is 18.0 Å². The molecule has 1 aliphatic rings. The van der Waals surface area contributed by atoms with Gasteiger partial charge in [-0.3, -0.25) is 9.48 Å². The average Bonchev–Trinajstić information content (AvgIpc) is 3.35. The summed E-state index contributed by atoms with van der Waals surface area (Å²) in [6.07, 6.45) is -6.57. The molecular formula is C19H18F8N8O3. The second-order valence-corrected chi connectivity index (χ2v) is 7.97. The number of aliphatic carboxylic acids is 1. The third kappa shape index (κ3) is 6.09. The lowest BCUT2D eigenvalue weighted by atomic mass is 10.0. The van der Waals surface area contributed by atoms with Crippen LogP contribution in [0.2, 0.25) is 0 Å². The molecule has 4 N–H and O–H groups in total. The van der Waals surface area contributed by atoms with Crippen molar-refractivity contribution < 1.29 is 49.8 Å². The quantitative estimate of drug-likeness (QED) is 0.417. The summed E-state index contributed by atoms with van der Waals surface area (Å²) in [5, 5.41) is 16.9. The van der Waals surface area contributed by atoms with Crippen molar-refractivity contribution in [3.63, 3.8) is 0 Å². The summed E-state index contributed by atoms with van der Waals surface area (Å²) in [6, 6.07) is 0.0369. The van der Waals surface area contributed by atoms with Gasteiger partial charge in [0, 0.05) is 45.1 Å². The van der Waals surface area contributed by atoms with E-state index in [1.54, 1.807) is 0 Å². The highest BCUT2D eigenvalue weighted by molar-refractivity contribution is 6.12. The zero-order valence-corrected chi connectivity index (χ0v) is 19.1. The maximum atomic E-state index is 13.8. The summed E-state index contributed by atoms with van der Waals surface area (Å²) < 4.78 is 101. The third-order valence-corrected chi connectivity index (χ3v) is 5.17. The molecule has 38 heavy (non-hydrogen) atoms. The number of rotatable bonds is 3. The fourth-order valence-corrected chi connectivity index (χ4v) is 3.40. The van der Waals surface area contributed by atoms with Gasteiger partial charge in [0.2, 0.25) is 0 Å². The predicted molar refractivity (Wildman–Crippen MR) is 113 cm³/mol. The summed E-state index contributed by atoms with van der Waals surface area (Å²) in [6.45, 7) is -0.441. The van der Waals surface area contributed by atoms with E-state index < -0.39 is 54.0 Å². The minimum atomic E-state index is -5.08. The van der Waals surface area contributed by atoms with E-state index in [2.05, 4.69) is 20.5 Å². The smallest absolute Gasteiger partial charge is 0.475 e. The maximum Gasteiger partial charge on any atom is 0.490 e. The van der Waals surface area contributed by atoms with Gasteiger partial charge in [-0.15, -0.1) is 5.10 Å².